The van der Waals surface area contributed by atoms with E-state index in [1.807, 2.05) is 0 Å². The number of nitrogens with zero attached hydrogens (tertiary/aromatic N) is 2. The molecule has 37 heavy (non-hydrogen) atoms. The molecule has 0 spiro atoms. The third-order valence-electron chi connectivity index (χ3n) is 7.16. The van der Waals surface area contributed by atoms with E-state index in [4.69, 9.17) is 4.74 Å². The van der Waals surface area contributed by atoms with Crippen LogP contribution in [0.2, 0.25) is 0 Å². The zero-order valence-corrected chi connectivity index (χ0v) is 20.4. The third-order valence-corrected chi connectivity index (χ3v) is 7.16. The number of halogens is 4. The van der Waals surface area contributed by atoms with Crippen LogP contribution < -0.4 is 4.74 Å². The summed E-state index contributed by atoms with van der Waals surface area (Å²) in [5.41, 5.74) is 0.459. The standard InChI is InChI=1S/C28H28F4N2O3/c1-37-19-6-7-25-21(16-19)20(24(31)17-33-25)5-2-8-28(27(35)36)9-12-34(13-10-28)11-3-4-18-14-22(29)26(32)23(30)15-18/h3-4,6-7,14-17H,2,5,8-13H2,1H3,(H,35,36)/b4-3+. The summed E-state index contributed by atoms with van der Waals surface area (Å²) in [6.45, 7) is 1.53. The number of pyridine rings is 1. The number of ether oxygens (including phenoxy) is 1. The van der Waals surface area contributed by atoms with Crippen LogP contribution in [0.4, 0.5) is 17.6 Å². The highest BCUT2D eigenvalue weighted by atomic mass is 19.2. The highest BCUT2D eigenvalue weighted by molar-refractivity contribution is 5.83. The Balaban J connectivity index is 1.36. The SMILES string of the molecule is COc1ccc2ncc(F)c(CCCC3(C(=O)O)CCN(C/C=C/c4cc(F)c(F)c(F)c4)CC3)c2c1. The van der Waals surface area contributed by atoms with E-state index < -0.39 is 34.7 Å². The Hall–Kier alpha value is -3.46. The Bertz CT molecular complexity index is 1300. The first-order valence-electron chi connectivity index (χ1n) is 12.1. The topological polar surface area (TPSA) is 62.7 Å². The van der Waals surface area contributed by atoms with E-state index in [1.165, 1.54) is 19.4 Å². The minimum atomic E-state index is -1.50. The summed E-state index contributed by atoms with van der Waals surface area (Å²) in [6, 6.07) is 7.12. The molecule has 9 heteroatoms. The molecule has 1 saturated heterocycles. The maximum absolute atomic E-state index is 14.6. The normalized spacial score (nSPS) is 15.9. The lowest BCUT2D eigenvalue weighted by Gasteiger charge is -2.38. The fourth-order valence-corrected chi connectivity index (χ4v) is 4.93. The van der Waals surface area contributed by atoms with Crippen molar-refractivity contribution in [2.75, 3.05) is 26.7 Å². The Kier molecular flexibility index (Phi) is 8.12. The first-order chi connectivity index (χ1) is 17.7. The monoisotopic (exact) mass is 516 g/mol. The maximum atomic E-state index is 14.6. The molecule has 0 unspecified atom stereocenters. The Morgan fingerprint density at radius 3 is 2.46 bits per heavy atom. The van der Waals surface area contributed by atoms with Crippen LogP contribution in [0.3, 0.4) is 0 Å². The number of benzene rings is 2. The van der Waals surface area contributed by atoms with Gasteiger partial charge in [0.05, 0.1) is 24.2 Å². The number of hydrogen-bond acceptors (Lipinski definition) is 4. The van der Waals surface area contributed by atoms with Crippen LogP contribution in [-0.2, 0) is 11.2 Å². The number of aliphatic carboxylic acids is 1. The zero-order valence-electron chi connectivity index (χ0n) is 20.4. The summed E-state index contributed by atoms with van der Waals surface area (Å²) < 4.78 is 59.8. The molecular weight excluding hydrogens is 488 g/mol. The number of methoxy groups -OCH3 is 1. The molecule has 1 fully saturated rings. The first kappa shape index (κ1) is 26.6. The van der Waals surface area contributed by atoms with Crippen molar-refractivity contribution in [1.82, 2.24) is 9.88 Å². The second-order valence-corrected chi connectivity index (χ2v) is 9.41. The summed E-state index contributed by atoms with van der Waals surface area (Å²) >= 11 is 0. The van der Waals surface area contributed by atoms with E-state index in [2.05, 4.69) is 9.88 Å². The van der Waals surface area contributed by atoms with Crippen molar-refractivity contribution in [2.45, 2.75) is 32.1 Å². The molecule has 0 bridgehead atoms. The number of carbonyl (C=O) groups is 1. The van der Waals surface area contributed by atoms with Crippen molar-refractivity contribution in [3.05, 3.63) is 77.0 Å². The van der Waals surface area contributed by atoms with Crippen molar-refractivity contribution >= 4 is 22.9 Å². The van der Waals surface area contributed by atoms with Crippen molar-refractivity contribution in [2.24, 2.45) is 5.41 Å². The van der Waals surface area contributed by atoms with Gasteiger partial charge in [-0.2, -0.15) is 0 Å². The lowest BCUT2D eigenvalue weighted by molar-refractivity contribution is -0.152. The smallest absolute Gasteiger partial charge is 0.309 e. The van der Waals surface area contributed by atoms with Crippen molar-refractivity contribution < 1.29 is 32.2 Å². The number of carboxylic acids is 1. The van der Waals surface area contributed by atoms with Gasteiger partial charge in [-0.25, -0.2) is 17.6 Å². The second-order valence-electron chi connectivity index (χ2n) is 9.41. The number of piperidine rings is 1. The molecule has 1 aliphatic rings. The van der Waals surface area contributed by atoms with Gasteiger partial charge in [0.1, 0.15) is 11.6 Å². The van der Waals surface area contributed by atoms with Gasteiger partial charge in [0, 0.05) is 11.9 Å². The summed E-state index contributed by atoms with van der Waals surface area (Å²) in [6.07, 6.45) is 6.57. The van der Waals surface area contributed by atoms with Gasteiger partial charge in [-0.3, -0.25) is 14.7 Å². The molecule has 0 amide bonds. The van der Waals surface area contributed by atoms with Crippen LogP contribution >= 0.6 is 0 Å². The van der Waals surface area contributed by atoms with E-state index >= 15 is 0 Å². The quantitative estimate of drug-likeness (QED) is 0.279. The number of aryl methyl sites for hydroxylation is 1. The van der Waals surface area contributed by atoms with Crippen LogP contribution in [0.1, 0.15) is 36.8 Å². The number of carboxylic acid groups (broad SMARTS) is 1. The van der Waals surface area contributed by atoms with E-state index in [0.29, 0.717) is 74.0 Å². The average molecular weight is 517 g/mol. The van der Waals surface area contributed by atoms with Crippen LogP contribution in [-0.4, -0.2) is 47.7 Å². The molecule has 2 aromatic carbocycles. The summed E-state index contributed by atoms with van der Waals surface area (Å²) in [5, 5.41) is 10.7. The minimum absolute atomic E-state index is 0.210. The minimum Gasteiger partial charge on any atom is -0.497 e. The second kappa shape index (κ2) is 11.3. The Morgan fingerprint density at radius 2 is 1.81 bits per heavy atom. The van der Waals surface area contributed by atoms with Crippen LogP contribution in [0.15, 0.2) is 42.6 Å². The van der Waals surface area contributed by atoms with Crippen molar-refractivity contribution in [3.63, 3.8) is 0 Å². The van der Waals surface area contributed by atoms with E-state index in [0.717, 1.165) is 12.1 Å². The first-order valence-corrected chi connectivity index (χ1v) is 12.1. The predicted octanol–water partition coefficient (Wildman–Crippen LogP) is 6.00. The number of fused-ring (bicyclic) bond motifs is 1. The Morgan fingerprint density at radius 1 is 1.11 bits per heavy atom. The third kappa shape index (κ3) is 5.93. The molecule has 0 atom stereocenters. The van der Waals surface area contributed by atoms with Crippen LogP contribution in [0.25, 0.3) is 17.0 Å². The fourth-order valence-electron chi connectivity index (χ4n) is 4.93. The van der Waals surface area contributed by atoms with Gasteiger partial charge in [-0.15, -0.1) is 0 Å². The number of rotatable bonds is 9. The summed E-state index contributed by atoms with van der Waals surface area (Å²) in [7, 11) is 1.54. The molecule has 2 heterocycles. The molecule has 1 N–H and O–H groups in total. The lowest BCUT2D eigenvalue weighted by atomic mass is 9.74. The fraction of sp³-hybridized carbons (Fsp3) is 0.357. The molecule has 1 aliphatic heterocycles. The van der Waals surface area contributed by atoms with E-state index in [-0.39, 0.29) is 5.56 Å². The molecule has 5 nitrogen and oxygen atoms in total. The number of hydrogen-bond donors (Lipinski definition) is 1. The van der Waals surface area contributed by atoms with Crippen molar-refractivity contribution in [3.8, 4) is 5.75 Å². The molecule has 0 aliphatic carbocycles. The molecule has 0 saturated carbocycles. The molecule has 4 rings (SSSR count). The van der Waals surface area contributed by atoms with Crippen molar-refractivity contribution in [1.29, 1.82) is 0 Å². The molecule has 196 valence electrons. The highest BCUT2D eigenvalue weighted by Gasteiger charge is 2.40. The maximum Gasteiger partial charge on any atom is 0.309 e. The van der Waals surface area contributed by atoms with Gasteiger partial charge in [0.2, 0.25) is 0 Å². The van der Waals surface area contributed by atoms with Gasteiger partial charge in [0.25, 0.3) is 0 Å². The zero-order chi connectivity index (χ0) is 26.6. The molecule has 3 aromatic rings. The summed E-state index contributed by atoms with van der Waals surface area (Å²) in [4.78, 5) is 18.4. The number of likely N-dealkylation sites (tertiary alicyclic amines) is 1. The van der Waals surface area contributed by atoms with E-state index in [9.17, 15) is 27.5 Å². The van der Waals surface area contributed by atoms with Gasteiger partial charge < -0.3 is 9.84 Å². The Labute approximate surface area is 212 Å². The molecule has 0 radical (unpaired) electrons. The largest absolute Gasteiger partial charge is 0.497 e. The lowest BCUT2D eigenvalue weighted by Crippen LogP contribution is -2.44. The highest BCUT2D eigenvalue weighted by Crippen LogP contribution is 2.37. The van der Waals surface area contributed by atoms with Gasteiger partial charge in [-0.1, -0.05) is 12.2 Å². The van der Waals surface area contributed by atoms with Gasteiger partial charge >= 0.3 is 5.97 Å². The van der Waals surface area contributed by atoms with Crippen LogP contribution in [0, 0.1) is 28.7 Å². The molecular formula is C28H28F4N2O3. The van der Waals surface area contributed by atoms with E-state index in [1.54, 1.807) is 24.3 Å². The van der Waals surface area contributed by atoms with Crippen LogP contribution in [0.5, 0.6) is 5.75 Å². The number of aromatic nitrogens is 1. The summed E-state index contributed by atoms with van der Waals surface area (Å²) in [5.74, 6) is -4.68. The van der Waals surface area contributed by atoms with Gasteiger partial charge in [0.15, 0.2) is 17.5 Å². The predicted molar refractivity (Wildman–Crippen MR) is 132 cm³/mol. The molecule has 1 aromatic heterocycles. The van der Waals surface area contributed by atoms with Gasteiger partial charge in [-0.05, 0) is 86.7 Å². The average Bonchev–Trinajstić information content (AvgIpc) is 2.89.